The second-order valence-electron chi connectivity index (χ2n) is 5.86. The molecule has 1 N–H and O–H groups in total. The average molecular weight is 213 g/mol. The maximum Gasteiger partial charge on any atom is 0.326 e. The van der Waals surface area contributed by atoms with Gasteiger partial charge in [0.05, 0.1) is 0 Å². The molecule has 15 heavy (non-hydrogen) atoms. The van der Waals surface area contributed by atoms with Crippen LogP contribution in [0.15, 0.2) is 0 Å². The maximum atomic E-state index is 12.0. The van der Waals surface area contributed by atoms with Crippen LogP contribution in [0.5, 0.6) is 0 Å². The molecule has 1 saturated heterocycles. The predicted molar refractivity (Wildman–Crippen MR) is 60.7 cm³/mol. The van der Waals surface area contributed by atoms with Crippen LogP contribution in [0.2, 0.25) is 0 Å². The molecule has 0 radical (unpaired) electrons. The lowest BCUT2D eigenvalue weighted by atomic mass is 9.80. The Balaban J connectivity index is 2.62. The van der Waals surface area contributed by atoms with Crippen molar-refractivity contribution in [1.29, 1.82) is 0 Å². The van der Waals surface area contributed by atoms with Crippen molar-refractivity contribution in [3.63, 3.8) is 0 Å². The molecule has 0 saturated carbocycles. The number of carbonyl (C=O) groups is 1. The lowest BCUT2D eigenvalue weighted by molar-refractivity contribution is -0.167. The largest absolute Gasteiger partial charge is 0.459 e. The Hall–Kier alpha value is -0.570. The van der Waals surface area contributed by atoms with E-state index in [-0.39, 0.29) is 5.97 Å². The molecule has 1 fully saturated rings. The Morgan fingerprint density at radius 2 is 2.00 bits per heavy atom. The minimum Gasteiger partial charge on any atom is -0.459 e. The molecule has 0 aromatic carbocycles. The molecule has 1 aliphatic rings. The fraction of sp³-hybridized carbons (Fsp3) is 0.917. The van der Waals surface area contributed by atoms with Gasteiger partial charge in [0.25, 0.3) is 0 Å². The molecule has 1 heterocycles. The van der Waals surface area contributed by atoms with Gasteiger partial charge in [0.1, 0.15) is 11.1 Å². The van der Waals surface area contributed by atoms with E-state index in [1.165, 1.54) is 0 Å². The van der Waals surface area contributed by atoms with Crippen LogP contribution in [0.3, 0.4) is 0 Å². The molecule has 1 atom stereocenters. The second kappa shape index (κ2) is 4.12. The Bertz CT molecular complexity index is 236. The molecule has 1 aliphatic heterocycles. The van der Waals surface area contributed by atoms with Crippen LogP contribution in [0, 0.1) is 5.92 Å². The zero-order valence-corrected chi connectivity index (χ0v) is 10.5. The van der Waals surface area contributed by atoms with E-state index in [2.05, 4.69) is 19.2 Å². The molecule has 88 valence electrons. The summed E-state index contributed by atoms with van der Waals surface area (Å²) in [5.41, 5.74) is -0.792. The number of hydrogen-bond donors (Lipinski definition) is 1. The van der Waals surface area contributed by atoms with E-state index >= 15 is 0 Å². The van der Waals surface area contributed by atoms with Gasteiger partial charge < -0.3 is 10.1 Å². The first kappa shape index (κ1) is 12.5. The Morgan fingerprint density at radius 3 is 2.27 bits per heavy atom. The minimum absolute atomic E-state index is 0.0880. The molecule has 3 nitrogen and oxygen atoms in total. The van der Waals surface area contributed by atoms with E-state index in [1.54, 1.807) is 0 Å². The van der Waals surface area contributed by atoms with Gasteiger partial charge in [-0.25, -0.2) is 0 Å². The Labute approximate surface area is 92.6 Å². The molecule has 0 aliphatic carbocycles. The molecular formula is C12H23NO2. The summed E-state index contributed by atoms with van der Waals surface area (Å²) in [5, 5.41) is 3.24. The third-order valence-electron chi connectivity index (χ3n) is 2.56. The predicted octanol–water partition coefficient (Wildman–Crippen LogP) is 2.11. The lowest BCUT2D eigenvalue weighted by Gasteiger charge is -2.43. The highest BCUT2D eigenvalue weighted by Gasteiger charge is 2.46. The number of nitrogens with one attached hydrogen (secondary N) is 1. The molecule has 0 amide bonds. The smallest absolute Gasteiger partial charge is 0.326 e. The molecule has 1 rings (SSSR count). The Kier molecular flexibility index (Phi) is 3.44. The van der Waals surface area contributed by atoms with Crippen molar-refractivity contribution in [3.05, 3.63) is 0 Å². The van der Waals surface area contributed by atoms with E-state index in [9.17, 15) is 4.79 Å². The van der Waals surface area contributed by atoms with Crippen molar-refractivity contribution in [1.82, 2.24) is 5.32 Å². The normalized spacial score (nSPS) is 26.3. The van der Waals surface area contributed by atoms with Gasteiger partial charge in [-0.2, -0.15) is 0 Å². The van der Waals surface area contributed by atoms with Gasteiger partial charge in [0.2, 0.25) is 0 Å². The summed E-state index contributed by atoms with van der Waals surface area (Å²) >= 11 is 0. The molecule has 1 unspecified atom stereocenters. The molecule has 0 spiro atoms. The molecule has 0 aromatic heterocycles. The minimum atomic E-state index is -0.401. The van der Waals surface area contributed by atoms with Gasteiger partial charge in [-0.15, -0.1) is 0 Å². The average Bonchev–Trinajstić information content (AvgIpc) is 1.92. The fourth-order valence-corrected chi connectivity index (χ4v) is 1.93. The second-order valence-corrected chi connectivity index (χ2v) is 5.86. The van der Waals surface area contributed by atoms with Crippen molar-refractivity contribution in [2.24, 2.45) is 5.92 Å². The first-order valence-electron chi connectivity index (χ1n) is 5.74. The molecular weight excluding hydrogens is 190 g/mol. The van der Waals surface area contributed by atoms with Crippen molar-refractivity contribution in [3.8, 4) is 0 Å². The number of rotatable bonds is 3. The van der Waals surface area contributed by atoms with Gasteiger partial charge in [0, 0.05) is 0 Å². The number of hydrogen-bond acceptors (Lipinski definition) is 3. The van der Waals surface area contributed by atoms with E-state index in [0.29, 0.717) is 5.92 Å². The highest BCUT2D eigenvalue weighted by Crippen LogP contribution is 2.30. The molecule has 0 aromatic rings. The van der Waals surface area contributed by atoms with Crippen LogP contribution in [0.25, 0.3) is 0 Å². The fourth-order valence-electron chi connectivity index (χ4n) is 1.93. The van der Waals surface area contributed by atoms with Crippen LogP contribution in [0.4, 0.5) is 0 Å². The molecule has 3 heteroatoms. The van der Waals surface area contributed by atoms with Gasteiger partial charge in [0.15, 0.2) is 0 Å². The first-order chi connectivity index (χ1) is 6.75. The van der Waals surface area contributed by atoms with Crippen molar-refractivity contribution in [2.45, 2.75) is 58.6 Å². The maximum absolute atomic E-state index is 12.0. The monoisotopic (exact) mass is 213 g/mol. The summed E-state index contributed by atoms with van der Waals surface area (Å²) in [7, 11) is 0. The summed E-state index contributed by atoms with van der Waals surface area (Å²) in [6.45, 7) is 10.9. The van der Waals surface area contributed by atoms with Crippen molar-refractivity contribution < 1.29 is 9.53 Å². The summed E-state index contributed by atoms with van der Waals surface area (Å²) in [4.78, 5) is 12.0. The number of carbonyl (C=O) groups excluding carboxylic acids is 1. The van der Waals surface area contributed by atoms with Gasteiger partial charge in [-0.1, -0.05) is 13.8 Å². The van der Waals surface area contributed by atoms with Crippen LogP contribution in [-0.4, -0.2) is 23.7 Å². The zero-order chi connectivity index (χ0) is 11.7. The summed E-state index contributed by atoms with van der Waals surface area (Å²) in [5.74, 6) is 0.417. The third kappa shape index (κ3) is 3.20. The van der Waals surface area contributed by atoms with Gasteiger partial charge in [-0.3, -0.25) is 4.79 Å². The molecule has 0 bridgehead atoms. The summed E-state index contributed by atoms with van der Waals surface area (Å²) in [6.07, 6.45) is 1.77. The highest BCUT2D eigenvalue weighted by atomic mass is 16.6. The zero-order valence-electron chi connectivity index (χ0n) is 10.5. The van der Waals surface area contributed by atoms with Crippen LogP contribution in [0.1, 0.15) is 47.5 Å². The van der Waals surface area contributed by atoms with E-state index in [0.717, 1.165) is 19.4 Å². The van der Waals surface area contributed by atoms with E-state index in [1.807, 2.05) is 20.8 Å². The first-order valence-corrected chi connectivity index (χ1v) is 5.74. The number of esters is 1. The Morgan fingerprint density at radius 1 is 1.47 bits per heavy atom. The topological polar surface area (TPSA) is 38.3 Å². The van der Waals surface area contributed by atoms with E-state index < -0.39 is 11.1 Å². The van der Waals surface area contributed by atoms with Gasteiger partial charge in [-0.05, 0) is 46.1 Å². The quantitative estimate of drug-likeness (QED) is 0.730. The summed E-state index contributed by atoms with van der Waals surface area (Å²) < 4.78 is 5.44. The van der Waals surface area contributed by atoms with Crippen LogP contribution >= 0.6 is 0 Å². The van der Waals surface area contributed by atoms with Crippen molar-refractivity contribution >= 4 is 5.97 Å². The SMILES string of the molecule is CC(C)CC1(C(=O)OC(C)(C)C)CCN1. The highest BCUT2D eigenvalue weighted by molar-refractivity contribution is 5.82. The summed E-state index contributed by atoms with van der Waals surface area (Å²) in [6, 6.07) is 0. The van der Waals surface area contributed by atoms with E-state index in [4.69, 9.17) is 4.74 Å². The van der Waals surface area contributed by atoms with Crippen LogP contribution < -0.4 is 5.32 Å². The third-order valence-corrected chi connectivity index (χ3v) is 2.56. The van der Waals surface area contributed by atoms with Gasteiger partial charge >= 0.3 is 5.97 Å². The lowest BCUT2D eigenvalue weighted by Crippen LogP contribution is -2.64. The standard InChI is InChI=1S/C12H23NO2/c1-9(2)8-12(6-7-13-12)10(14)15-11(3,4)5/h9,13H,6-8H2,1-5H3. The van der Waals surface area contributed by atoms with Crippen LogP contribution in [-0.2, 0) is 9.53 Å². The van der Waals surface area contributed by atoms with Crippen molar-refractivity contribution in [2.75, 3.05) is 6.54 Å². The number of ether oxygens (including phenoxy) is 1.